The summed E-state index contributed by atoms with van der Waals surface area (Å²) in [5, 5.41) is 14.6. The second-order valence-electron chi connectivity index (χ2n) is 6.96. The van der Waals surface area contributed by atoms with Crippen molar-refractivity contribution in [3.05, 3.63) is 94.8 Å². The second-order valence-corrected chi connectivity index (χ2v) is 7.90. The van der Waals surface area contributed by atoms with Crippen molar-refractivity contribution in [1.29, 1.82) is 0 Å². The van der Waals surface area contributed by atoms with Crippen molar-refractivity contribution >= 4 is 34.3 Å². The molecule has 0 radical (unpaired) electrons. The number of fused-ring (bicyclic) bond motifs is 1. The number of thioether (sulfide) groups is 1. The number of nitrogens with zero attached hydrogens (tertiary/aromatic N) is 3. The number of rotatable bonds is 6. The van der Waals surface area contributed by atoms with E-state index in [1.165, 1.54) is 4.57 Å². The normalized spacial score (nSPS) is 11.5. The molecule has 3 aromatic carbocycles. The second kappa shape index (κ2) is 9.49. The minimum absolute atomic E-state index is 0.0223. The molecule has 0 fully saturated rings. The van der Waals surface area contributed by atoms with Gasteiger partial charge >= 0.3 is 0 Å². The van der Waals surface area contributed by atoms with Crippen molar-refractivity contribution < 1.29 is 9.90 Å². The SMILES string of the molecule is C/C(=N/NC(=O)CSc1nc2ccccc2c(=O)n1-c1ccccc1)c1cccc(O)c1. The molecule has 160 valence electrons. The quantitative estimate of drug-likeness (QED) is 0.204. The fraction of sp³-hybridized carbons (Fsp3) is 0.0833. The summed E-state index contributed by atoms with van der Waals surface area (Å²) in [5.74, 6) is -0.189. The standard InChI is InChI=1S/C24H20N4O3S/c1-16(17-8-7-11-19(29)14-17)26-27-22(30)15-32-24-25-21-13-6-5-12-20(21)23(31)28(24)18-9-3-2-4-10-18/h2-14,29H,15H2,1H3,(H,27,30)/b26-16-. The van der Waals surface area contributed by atoms with Gasteiger partial charge in [-0.05, 0) is 43.3 Å². The van der Waals surface area contributed by atoms with E-state index < -0.39 is 0 Å². The molecular weight excluding hydrogens is 424 g/mol. The van der Waals surface area contributed by atoms with Crippen LogP contribution in [0.25, 0.3) is 16.6 Å². The van der Waals surface area contributed by atoms with Crippen molar-refractivity contribution in [3.8, 4) is 11.4 Å². The molecule has 1 amide bonds. The Balaban J connectivity index is 1.57. The van der Waals surface area contributed by atoms with Crippen molar-refractivity contribution in [2.24, 2.45) is 5.10 Å². The topological polar surface area (TPSA) is 96.6 Å². The fourth-order valence-electron chi connectivity index (χ4n) is 3.12. The number of hydrogen-bond acceptors (Lipinski definition) is 6. The van der Waals surface area contributed by atoms with E-state index in [0.29, 0.717) is 33.0 Å². The van der Waals surface area contributed by atoms with Gasteiger partial charge in [-0.2, -0.15) is 5.10 Å². The van der Waals surface area contributed by atoms with E-state index in [0.717, 1.165) is 11.8 Å². The Morgan fingerprint density at radius 3 is 2.59 bits per heavy atom. The molecule has 0 aliphatic rings. The van der Waals surface area contributed by atoms with Gasteiger partial charge in [0.2, 0.25) is 0 Å². The van der Waals surface area contributed by atoms with Gasteiger partial charge in [-0.15, -0.1) is 0 Å². The van der Waals surface area contributed by atoms with Gasteiger partial charge in [0.1, 0.15) is 5.75 Å². The first-order valence-electron chi connectivity index (χ1n) is 9.85. The van der Waals surface area contributed by atoms with Crippen LogP contribution in [0.3, 0.4) is 0 Å². The Labute approximate surface area is 188 Å². The number of phenolic OH excluding ortho intramolecular Hbond substituents is 1. The zero-order valence-electron chi connectivity index (χ0n) is 17.2. The molecule has 0 unspecified atom stereocenters. The molecular formula is C24H20N4O3S. The summed E-state index contributed by atoms with van der Waals surface area (Å²) in [5.41, 5.74) is 4.83. The van der Waals surface area contributed by atoms with E-state index in [-0.39, 0.29) is 23.0 Å². The van der Waals surface area contributed by atoms with Gasteiger partial charge in [0.15, 0.2) is 5.16 Å². The van der Waals surface area contributed by atoms with Crippen LogP contribution in [0.15, 0.2) is 93.9 Å². The molecule has 32 heavy (non-hydrogen) atoms. The molecule has 4 aromatic rings. The third-order valence-corrected chi connectivity index (χ3v) is 5.64. The van der Waals surface area contributed by atoms with Crippen LogP contribution >= 0.6 is 11.8 Å². The van der Waals surface area contributed by atoms with Crippen molar-refractivity contribution in [3.63, 3.8) is 0 Å². The van der Waals surface area contributed by atoms with Gasteiger partial charge in [0.05, 0.1) is 28.1 Å². The Morgan fingerprint density at radius 2 is 1.81 bits per heavy atom. The molecule has 4 rings (SSSR count). The van der Waals surface area contributed by atoms with Gasteiger partial charge in [0.25, 0.3) is 11.5 Å². The van der Waals surface area contributed by atoms with Gasteiger partial charge < -0.3 is 5.11 Å². The first kappa shape index (κ1) is 21.3. The molecule has 0 bridgehead atoms. The summed E-state index contributed by atoms with van der Waals surface area (Å²) in [7, 11) is 0. The Bertz CT molecular complexity index is 1370. The lowest BCUT2D eigenvalue weighted by Crippen LogP contribution is -2.24. The predicted molar refractivity (Wildman–Crippen MR) is 127 cm³/mol. The van der Waals surface area contributed by atoms with Crippen LogP contribution in [0.5, 0.6) is 5.75 Å². The monoisotopic (exact) mass is 444 g/mol. The van der Waals surface area contributed by atoms with E-state index in [4.69, 9.17) is 0 Å². The molecule has 0 saturated heterocycles. The summed E-state index contributed by atoms with van der Waals surface area (Å²) >= 11 is 1.16. The van der Waals surface area contributed by atoms with Crippen LogP contribution in [0.4, 0.5) is 0 Å². The van der Waals surface area contributed by atoms with Crippen molar-refractivity contribution in [2.45, 2.75) is 12.1 Å². The summed E-state index contributed by atoms with van der Waals surface area (Å²) in [6.45, 7) is 1.74. The lowest BCUT2D eigenvalue weighted by molar-refractivity contribution is -0.118. The minimum atomic E-state index is -0.337. The van der Waals surface area contributed by atoms with E-state index in [9.17, 15) is 14.7 Å². The van der Waals surface area contributed by atoms with Crippen LogP contribution in [0.2, 0.25) is 0 Å². The van der Waals surface area contributed by atoms with Crippen LogP contribution in [0.1, 0.15) is 12.5 Å². The highest BCUT2D eigenvalue weighted by Crippen LogP contribution is 2.21. The summed E-state index contributed by atoms with van der Waals surface area (Å²) in [6.07, 6.45) is 0. The zero-order chi connectivity index (χ0) is 22.5. The van der Waals surface area contributed by atoms with Crippen LogP contribution < -0.4 is 11.0 Å². The highest BCUT2D eigenvalue weighted by molar-refractivity contribution is 7.99. The third-order valence-electron chi connectivity index (χ3n) is 4.70. The smallest absolute Gasteiger partial charge is 0.266 e. The fourth-order valence-corrected chi connectivity index (χ4v) is 3.92. The maximum absolute atomic E-state index is 13.2. The first-order chi connectivity index (χ1) is 15.5. The van der Waals surface area contributed by atoms with Crippen LogP contribution in [-0.4, -0.2) is 32.0 Å². The number of carbonyl (C=O) groups excluding carboxylic acids is 1. The number of aromatic nitrogens is 2. The first-order valence-corrected chi connectivity index (χ1v) is 10.8. The molecule has 0 saturated carbocycles. The average molecular weight is 445 g/mol. The Hall–Kier alpha value is -3.91. The van der Waals surface area contributed by atoms with Crippen molar-refractivity contribution in [1.82, 2.24) is 15.0 Å². The number of aromatic hydroxyl groups is 1. The highest BCUT2D eigenvalue weighted by atomic mass is 32.2. The van der Waals surface area contributed by atoms with E-state index in [1.807, 2.05) is 36.4 Å². The number of para-hydroxylation sites is 2. The molecule has 8 heteroatoms. The van der Waals surface area contributed by atoms with Crippen LogP contribution in [-0.2, 0) is 4.79 Å². The van der Waals surface area contributed by atoms with Gasteiger partial charge in [-0.1, -0.05) is 54.2 Å². The number of hydrazone groups is 1. The van der Waals surface area contributed by atoms with Gasteiger partial charge in [-0.25, -0.2) is 10.4 Å². The maximum Gasteiger partial charge on any atom is 0.266 e. The molecule has 1 aromatic heterocycles. The molecule has 0 aliphatic heterocycles. The average Bonchev–Trinajstić information content (AvgIpc) is 2.82. The van der Waals surface area contributed by atoms with Gasteiger partial charge in [-0.3, -0.25) is 14.2 Å². The number of phenols is 1. The Kier molecular flexibility index (Phi) is 6.32. The Morgan fingerprint density at radius 1 is 1.06 bits per heavy atom. The zero-order valence-corrected chi connectivity index (χ0v) is 18.0. The maximum atomic E-state index is 13.2. The highest BCUT2D eigenvalue weighted by Gasteiger charge is 2.14. The molecule has 0 spiro atoms. The number of benzene rings is 3. The number of amides is 1. The van der Waals surface area contributed by atoms with E-state index in [2.05, 4.69) is 15.5 Å². The molecule has 0 atom stereocenters. The largest absolute Gasteiger partial charge is 0.508 e. The molecule has 7 nitrogen and oxygen atoms in total. The van der Waals surface area contributed by atoms with E-state index in [1.54, 1.807) is 49.4 Å². The molecule has 0 aliphatic carbocycles. The third kappa shape index (κ3) is 4.70. The number of carbonyl (C=O) groups is 1. The molecule has 1 heterocycles. The summed E-state index contributed by atoms with van der Waals surface area (Å²) < 4.78 is 1.52. The lowest BCUT2D eigenvalue weighted by atomic mass is 10.1. The summed E-state index contributed by atoms with van der Waals surface area (Å²) in [6, 6.07) is 23.0. The minimum Gasteiger partial charge on any atom is -0.508 e. The van der Waals surface area contributed by atoms with Gasteiger partial charge in [0, 0.05) is 5.56 Å². The van der Waals surface area contributed by atoms with Crippen LogP contribution in [0, 0.1) is 0 Å². The summed E-state index contributed by atoms with van der Waals surface area (Å²) in [4.78, 5) is 30.2. The number of hydrogen-bond donors (Lipinski definition) is 2. The number of nitrogens with one attached hydrogen (secondary N) is 1. The van der Waals surface area contributed by atoms with E-state index >= 15 is 0 Å². The van der Waals surface area contributed by atoms with Crippen molar-refractivity contribution in [2.75, 3.05) is 5.75 Å². The molecule has 2 N–H and O–H groups in total. The lowest BCUT2D eigenvalue weighted by Gasteiger charge is -2.13. The predicted octanol–water partition coefficient (Wildman–Crippen LogP) is 3.72.